The van der Waals surface area contributed by atoms with E-state index in [0.717, 1.165) is 32.4 Å². The van der Waals surface area contributed by atoms with Gasteiger partial charge >= 0.3 is 0 Å². The fourth-order valence-electron chi connectivity index (χ4n) is 3.34. The summed E-state index contributed by atoms with van der Waals surface area (Å²) in [5.74, 6) is 0.269. The van der Waals surface area contributed by atoms with E-state index < -0.39 is 5.41 Å². The van der Waals surface area contributed by atoms with Crippen LogP contribution in [0.1, 0.15) is 33.1 Å². The van der Waals surface area contributed by atoms with Crippen LogP contribution in [-0.4, -0.2) is 49.9 Å². The van der Waals surface area contributed by atoms with Crippen molar-refractivity contribution in [2.45, 2.75) is 33.1 Å². The van der Waals surface area contributed by atoms with Gasteiger partial charge in [0.15, 0.2) is 0 Å². The van der Waals surface area contributed by atoms with Crippen molar-refractivity contribution in [2.24, 2.45) is 10.8 Å². The fraction of sp³-hybridized carbons (Fsp3) is 0.857. The number of hydrogen-bond acceptors (Lipinski definition) is 3. The average molecular weight is 267 g/mol. The third kappa shape index (κ3) is 2.36. The van der Waals surface area contributed by atoms with E-state index in [9.17, 15) is 9.59 Å². The highest BCUT2D eigenvalue weighted by atomic mass is 16.2. The lowest BCUT2D eigenvalue weighted by Gasteiger charge is -2.31. The first-order chi connectivity index (χ1) is 8.97. The van der Waals surface area contributed by atoms with Crippen LogP contribution in [0.25, 0.3) is 0 Å². The molecule has 2 saturated heterocycles. The SMILES string of the molecule is CCC1(C(=O)N2CCC(C)(C(=O)NC)C2)CCNC1. The molecule has 2 amide bonds. The Balaban J connectivity index is 2.08. The van der Waals surface area contributed by atoms with Crippen LogP contribution in [0.15, 0.2) is 0 Å². The summed E-state index contributed by atoms with van der Waals surface area (Å²) in [4.78, 5) is 26.6. The first-order valence-corrected chi connectivity index (χ1v) is 7.20. The minimum Gasteiger partial charge on any atom is -0.359 e. The van der Waals surface area contributed by atoms with Crippen LogP contribution in [0, 0.1) is 10.8 Å². The maximum atomic E-state index is 12.8. The molecule has 0 spiro atoms. The third-order valence-corrected chi connectivity index (χ3v) is 4.91. The predicted molar refractivity (Wildman–Crippen MR) is 73.6 cm³/mol. The first kappa shape index (κ1) is 14.3. The Hall–Kier alpha value is -1.10. The van der Waals surface area contributed by atoms with E-state index in [1.807, 2.05) is 11.8 Å². The Morgan fingerprint density at radius 2 is 2.11 bits per heavy atom. The summed E-state index contributed by atoms with van der Waals surface area (Å²) < 4.78 is 0. The van der Waals surface area contributed by atoms with Crippen molar-refractivity contribution < 1.29 is 9.59 Å². The van der Waals surface area contributed by atoms with E-state index in [2.05, 4.69) is 17.6 Å². The van der Waals surface area contributed by atoms with E-state index in [0.29, 0.717) is 13.1 Å². The monoisotopic (exact) mass is 267 g/mol. The van der Waals surface area contributed by atoms with Crippen molar-refractivity contribution >= 4 is 11.8 Å². The molecule has 0 aliphatic carbocycles. The van der Waals surface area contributed by atoms with E-state index in [1.165, 1.54) is 0 Å². The molecule has 2 fully saturated rings. The average Bonchev–Trinajstić information content (AvgIpc) is 3.05. The van der Waals surface area contributed by atoms with E-state index in [1.54, 1.807) is 7.05 Å². The van der Waals surface area contributed by atoms with Crippen molar-refractivity contribution in [3.8, 4) is 0 Å². The zero-order valence-corrected chi connectivity index (χ0v) is 12.2. The van der Waals surface area contributed by atoms with Crippen molar-refractivity contribution in [3.63, 3.8) is 0 Å². The quantitative estimate of drug-likeness (QED) is 0.776. The normalized spacial score (nSPS) is 34.6. The van der Waals surface area contributed by atoms with Crippen LogP contribution in [0.4, 0.5) is 0 Å². The molecule has 2 heterocycles. The Kier molecular flexibility index (Phi) is 3.85. The summed E-state index contributed by atoms with van der Waals surface area (Å²) in [7, 11) is 1.66. The van der Waals surface area contributed by atoms with Crippen LogP contribution in [0.3, 0.4) is 0 Å². The number of likely N-dealkylation sites (tertiary alicyclic amines) is 1. The largest absolute Gasteiger partial charge is 0.359 e. The van der Waals surface area contributed by atoms with Crippen LogP contribution in [-0.2, 0) is 9.59 Å². The van der Waals surface area contributed by atoms with Crippen LogP contribution < -0.4 is 10.6 Å². The van der Waals surface area contributed by atoms with Gasteiger partial charge in [-0.1, -0.05) is 6.92 Å². The van der Waals surface area contributed by atoms with Gasteiger partial charge in [0.2, 0.25) is 11.8 Å². The molecule has 2 aliphatic rings. The maximum Gasteiger partial charge on any atom is 0.230 e. The van der Waals surface area contributed by atoms with Crippen LogP contribution >= 0.6 is 0 Å². The molecule has 108 valence electrons. The minimum absolute atomic E-state index is 0.0397. The first-order valence-electron chi connectivity index (χ1n) is 7.20. The molecule has 19 heavy (non-hydrogen) atoms. The summed E-state index contributed by atoms with van der Waals surface area (Å²) in [6.45, 7) is 6.97. The fourth-order valence-corrected chi connectivity index (χ4v) is 3.34. The standard InChI is InChI=1S/C14H25N3O2/c1-4-14(5-7-16-9-14)12(19)17-8-6-13(2,10-17)11(18)15-3/h16H,4-10H2,1-3H3,(H,15,18). The number of hydrogen-bond donors (Lipinski definition) is 2. The van der Waals surface area contributed by atoms with Gasteiger partial charge < -0.3 is 15.5 Å². The van der Waals surface area contributed by atoms with Gasteiger partial charge in [-0.3, -0.25) is 9.59 Å². The molecule has 0 saturated carbocycles. The minimum atomic E-state index is -0.425. The van der Waals surface area contributed by atoms with Crippen LogP contribution in [0.2, 0.25) is 0 Å². The van der Waals surface area contributed by atoms with Gasteiger partial charge in [0.05, 0.1) is 10.8 Å². The Morgan fingerprint density at radius 3 is 2.63 bits per heavy atom. The molecule has 2 N–H and O–H groups in total. The lowest BCUT2D eigenvalue weighted by atomic mass is 9.82. The highest BCUT2D eigenvalue weighted by Crippen LogP contribution is 2.37. The highest BCUT2D eigenvalue weighted by molar-refractivity contribution is 5.87. The van der Waals surface area contributed by atoms with Gasteiger partial charge in [0, 0.05) is 26.7 Å². The summed E-state index contributed by atoms with van der Waals surface area (Å²) in [6.07, 6.45) is 2.53. The lowest BCUT2D eigenvalue weighted by molar-refractivity contribution is -0.141. The summed E-state index contributed by atoms with van der Waals surface area (Å²) in [5, 5.41) is 6.01. The van der Waals surface area contributed by atoms with Gasteiger partial charge in [-0.25, -0.2) is 0 Å². The van der Waals surface area contributed by atoms with Crippen molar-refractivity contribution in [1.29, 1.82) is 0 Å². The number of nitrogens with one attached hydrogen (secondary N) is 2. The van der Waals surface area contributed by atoms with Gasteiger partial charge in [-0.05, 0) is 32.7 Å². The summed E-state index contributed by atoms with van der Waals surface area (Å²) in [6, 6.07) is 0. The van der Waals surface area contributed by atoms with Gasteiger partial charge in [-0.15, -0.1) is 0 Å². The second-order valence-electron chi connectivity index (χ2n) is 6.18. The molecule has 0 bridgehead atoms. The van der Waals surface area contributed by atoms with E-state index in [4.69, 9.17) is 0 Å². The highest BCUT2D eigenvalue weighted by Gasteiger charge is 2.47. The zero-order chi connectivity index (χ0) is 14.1. The maximum absolute atomic E-state index is 12.8. The topological polar surface area (TPSA) is 61.4 Å². The Labute approximate surface area is 115 Å². The smallest absolute Gasteiger partial charge is 0.230 e. The molecule has 0 aromatic heterocycles. The molecule has 2 rings (SSSR count). The second kappa shape index (κ2) is 5.12. The molecule has 2 atom stereocenters. The van der Waals surface area contributed by atoms with E-state index in [-0.39, 0.29) is 17.2 Å². The third-order valence-electron chi connectivity index (χ3n) is 4.91. The Morgan fingerprint density at radius 1 is 1.37 bits per heavy atom. The van der Waals surface area contributed by atoms with Crippen molar-refractivity contribution in [3.05, 3.63) is 0 Å². The molecule has 2 aliphatic heterocycles. The lowest BCUT2D eigenvalue weighted by Crippen LogP contribution is -2.46. The molecule has 0 aromatic carbocycles. The number of amides is 2. The van der Waals surface area contributed by atoms with Gasteiger partial charge in [-0.2, -0.15) is 0 Å². The number of nitrogens with zero attached hydrogens (tertiary/aromatic N) is 1. The van der Waals surface area contributed by atoms with E-state index >= 15 is 0 Å². The summed E-state index contributed by atoms with van der Waals surface area (Å²) >= 11 is 0. The molecule has 5 nitrogen and oxygen atoms in total. The molecule has 0 aromatic rings. The van der Waals surface area contributed by atoms with Gasteiger partial charge in [0.1, 0.15) is 0 Å². The van der Waals surface area contributed by atoms with Gasteiger partial charge in [0.25, 0.3) is 0 Å². The van der Waals surface area contributed by atoms with Crippen LogP contribution in [0.5, 0.6) is 0 Å². The number of rotatable bonds is 3. The van der Waals surface area contributed by atoms with Crippen molar-refractivity contribution in [1.82, 2.24) is 15.5 Å². The zero-order valence-electron chi connectivity index (χ0n) is 12.2. The molecule has 2 unspecified atom stereocenters. The second-order valence-corrected chi connectivity index (χ2v) is 6.18. The molecule has 5 heteroatoms. The molecular weight excluding hydrogens is 242 g/mol. The predicted octanol–water partition coefficient (Wildman–Crippen LogP) is 0.361. The number of carbonyl (C=O) groups excluding carboxylic acids is 2. The molecular formula is C14H25N3O2. The Bertz CT molecular complexity index is 377. The molecule has 0 radical (unpaired) electrons. The number of carbonyl (C=O) groups is 2. The van der Waals surface area contributed by atoms with Crippen molar-refractivity contribution in [2.75, 3.05) is 33.2 Å². The summed E-state index contributed by atoms with van der Waals surface area (Å²) in [5.41, 5.74) is -0.667.